The molecule has 3 aromatic carbocycles. The van der Waals surface area contributed by atoms with Crippen molar-refractivity contribution < 1.29 is 42.9 Å². The van der Waals surface area contributed by atoms with Crippen LogP contribution in [0.5, 0.6) is 11.5 Å². The van der Waals surface area contributed by atoms with Crippen LogP contribution in [0.3, 0.4) is 0 Å². The summed E-state index contributed by atoms with van der Waals surface area (Å²) in [6.45, 7) is 7.65. The van der Waals surface area contributed by atoms with E-state index >= 15 is 0 Å². The Hall–Kier alpha value is -5.44. The molecule has 0 spiro atoms. The average Bonchev–Trinajstić information content (AvgIpc) is 3.05. The predicted molar refractivity (Wildman–Crippen MR) is 165 cm³/mol. The minimum atomic E-state index is -0.631. The maximum absolute atomic E-state index is 12.6. The largest absolute Gasteiger partial charge is 0.493 e. The van der Waals surface area contributed by atoms with Crippen molar-refractivity contribution in [2.24, 2.45) is 0 Å². The molecule has 44 heavy (non-hydrogen) atoms. The number of carbonyl (C=O) groups excluding carboxylic acids is 4. The fraction of sp³-hybridized carbons (Fsp3) is 0.200. The quantitative estimate of drug-likeness (QED) is 0.0626. The van der Waals surface area contributed by atoms with Crippen LogP contribution >= 0.6 is 0 Å². The average molecular weight is 599 g/mol. The van der Waals surface area contributed by atoms with E-state index in [1.54, 1.807) is 30.3 Å². The summed E-state index contributed by atoms with van der Waals surface area (Å²) in [6, 6.07) is 22.2. The number of carbonyl (C=O) groups is 4. The Morgan fingerprint density at radius 3 is 1.93 bits per heavy atom. The van der Waals surface area contributed by atoms with Gasteiger partial charge in [-0.1, -0.05) is 55.6 Å². The van der Waals surface area contributed by atoms with Crippen LogP contribution in [0.25, 0.3) is 17.2 Å². The minimum absolute atomic E-state index is 0.0447. The lowest BCUT2D eigenvalue weighted by Crippen LogP contribution is -2.13. The van der Waals surface area contributed by atoms with Gasteiger partial charge in [-0.15, -0.1) is 0 Å². The fourth-order valence-corrected chi connectivity index (χ4v) is 3.71. The summed E-state index contributed by atoms with van der Waals surface area (Å²) in [5, 5.41) is 0. The molecule has 9 heteroatoms. The van der Waals surface area contributed by atoms with Crippen molar-refractivity contribution in [3.05, 3.63) is 115 Å². The van der Waals surface area contributed by atoms with Crippen LogP contribution in [0.15, 0.2) is 104 Å². The smallest absolute Gasteiger partial charge is 0.333 e. The molecule has 3 aromatic rings. The van der Waals surface area contributed by atoms with Crippen LogP contribution in [0.2, 0.25) is 0 Å². The van der Waals surface area contributed by atoms with Gasteiger partial charge in [0, 0.05) is 23.6 Å². The Kier molecular flexibility index (Phi) is 13.2. The second kappa shape index (κ2) is 17.5. The minimum Gasteiger partial charge on any atom is -0.493 e. The van der Waals surface area contributed by atoms with Gasteiger partial charge in [0.15, 0.2) is 5.78 Å². The van der Waals surface area contributed by atoms with Gasteiger partial charge in [-0.3, -0.25) is 9.59 Å². The van der Waals surface area contributed by atoms with E-state index in [0.717, 1.165) is 22.8 Å². The molecule has 0 N–H and O–H groups in total. The molecule has 0 aromatic heterocycles. The van der Waals surface area contributed by atoms with Crippen LogP contribution in [0.1, 0.15) is 28.8 Å². The highest BCUT2D eigenvalue weighted by atomic mass is 16.6. The first kappa shape index (κ1) is 33.1. The number of ether oxygens (including phenoxy) is 5. The van der Waals surface area contributed by atoms with Crippen LogP contribution < -0.4 is 9.47 Å². The number of rotatable bonds is 17. The van der Waals surface area contributed by atoms with Gasteiger partial charge in [0.1, 0.15) is 24.7 Å². The number of allylic oxidation sites excluding steroid dienone is 1. The molecule has 0 aliphatic rings. The molecule has 0 fully saturated rings. The molecule has 9 nitrogen and oxygen atoms in total. The Balaban J connectivity index is 1.41. The molecule has 228 valence electrons. The van der Waals surface area contributed by atoms with E-state index < -0.39 is 17.9 Å². The van der Waals surface area contributed by atoms with Gasteiger partial charge in [0.2, 0.25) is 0 Å². The summed E-state index contributed by atoms with van der Waals surface area (Å²) in [5.74, 6) is -0.580. The zero-order valence-corrected chi connectivity index (χ0v) is 24.5. The zero-order chi connectivity index (χ0) is 31.7. The van der Waals surface area contributed by atoms with Crippen LogP contribution in [0.4, 0.5) is 0 Å². The van der Waals surface area contributed by atoms with Gasteiger partial charge < -0.3 is 23.7 Å². The first-order valence-electron chi connectivity index (χ1n) is 13.8. The van der Waals surface area contributed by atoms with Crippen LogP contribution in [0, 0.1) is 0 Å². The number of hydrogen-bond acceptors (Lipinski definition) is 9. The maximum Gasteiger partial charge on any atom is 0.333 e. The van der Waals surface area contributed by atoms with Gasteiger partial charge in [-0.2, -0.15) is 0 Å². The SMILES string of the molecule is C=CC(=O)OCCOc1ccc(C(=O)/C=C/c2ccc(-c3ccc(OCCCOC(=O)C(=C)CC(=O)OC)cc3)cc2)cc1. The highest BCUT2D eigenvalue weighted by molar-refractivity contribution is 6.06. The van der Waals surface area contributed by atoms with E-state index in [9.17, 15) is 19.2 Å². The monoisotopic (exact) mass is 598 g/mol. The molecule has 0 aliphatic carbocycles. The number of benzene rings is 3. The molecule has 0 saturated heterocycles. The topological polar surface area (TPSA) is 114 Å². The maximum atomic E-state index is 12.6. The number of methoxy groups -OCH3 is 1. The van der Waals surface area contributed by atoms with Crippen molar-refractivity contribution >= 4 is 29.8 Å². The highest BCUT2D eigenvalue weighted by Crippen LogP contribution is 2.23. The molecule has 3 rings (SSSR count). The summed E-state index contributed by atoms with van der Waals surface area (Å²) in [5.41, 5.74) is 3.46. The van der Waals surface area contributed by atoms with E-state index in [0.29, 0.717) is 30.1 Å². The molecular weight excluding hydrogens is 564 g/mol. The predicted octanol–water partition coefficient (Wildman–Crippen LogP) is 5.79. The van der Waals surface area contributed by atoms with Gasteiger partial charge >= 0.3 is 17.9 Å². The summed E-state index contributed by atoms with van der Waals surface area (Å²) in [4.78, 5) is 46.6. The van der Waals surface area contributed by atoms with Gasteiger partial charge in [-0.05, 0) is 59.2 Å². The Morgan fingerprint density at radius 2 is 1.32 bits per heavy atom. The molecular formula is C35H34O9. The van der Waals surface area contributed by atoms with Crippen molar-refractivity contribution in [2.75, 3.05) is 33.5 Å². The van der Waals surface area contributed by atoms with Crippen LogP contribution in [-0.4, -0.2) is 57.2 Å². The molecule has 0 amide bonds. The third-order valence-electron chi connectivity index (χ3n) is 6.09. The molecule has 0 saturated carbocycles. The van der Waals surface area contributed by atoms with Gasteiger partial charge in [-0.25, -0.2) is 9.59 Å². The Morgan fingerprint density at radius 1 is 0.727 bits per heavy atom. The van der Waals surface area contributed by atoms with Crippen molar-refractivity contribution in [3.8, 4) is 22.6 Å². The number of ketones is 1. The second-order valence-corrected chi connectivity index (χ2v) is 9.28. The molecule has 0 bridgehead atoms. The Labute approximate surface area is 256 Å². The van der Waals surface area contributed by atoms with Crippen molar-refractivity contribution in [3.63, 3.8) is 0 Å². The normalized spacial score (nSPS) is 10.5. The lowest BCUT2D eigenvalue weighted by atomic mass is 10.0. The van der Waals surface area contributed by atoms with E-state index in [-0.39, 0.29) is 37.6 Å². The summed E-state index contributed by atoms with van der Waals surface area (Å²) in [7, 11) is 1.24. The standard InChI is InChI=1S/C35H34O9/c1-4-33(37)43-23-22-42-31-17-13-29(14-18-31)32(36)19-8-26-6-9-27(10-7-26)28-11-15-30(16-12-28)41-20-5-21-44-35(39)25(2)24-34(38)40-3/h4,6-19H,1-2,5,20-24H2,3H3/b19-8+. The van der Waals surface area contributed by atoms with E-state index in [2.05, 4.69) is 17.9 Å². The lowest BCUT2D eigenvalue weighted by Gasteiger charge is -2.09. The molecule has 0 radical (unpaired) electrons. The van der Waals surface area contributed by atoms with Crippen LogP contribution in [-0.2, 0) is 28.6 Å². The van der Waals surface area contributed by atoms with Crippen molar-refractivity contribution in [1.29, 1.82) is 0 Å². The molecule has 0 unspecified atom stereocenters. The second-order valence-electron chi connectivity index (χ2n) is 9.28. The summed E-state index contributed by atoms with van der Waals surface area (Å²) < 4.78 is 25.7. The van der Waals surface area contributed by atoms with Crippen molar-refractivity contribution in [1.82, 2.24) is 0 Å². The van der Waals surface area contributed by atoms with E-state index in [4.69, 9.17) is 18.9 Å². The van der Waals surface area contributed by atoms with Crippen molar-refractivity contribution in [2.45, 2.75) is 12.8 Å². The fourth-order valence-electron chi connectivity index (χ4n) is 3.71. The molecule has 0 aliphatic heterocycles. The number of hydrogen-bond donors (Lipinski definition) is 0. The third kappa shape index (κ3) is 11.1. The Bertz CT molecular complexity index is 1470. The summed E-state index contributed by atoms with van der Waals surface area (Å²) >= 11 is 0. The number of esters is 3. The first-order valence-corrected chi connectivity index (χ1v) is 13.8. The third-order valence-corrected chi connectivity index (χ3v) is 6.09. The van der Waals surface area contributed by atoms with E-state index in [1.807, 2.05) is 48.5 Å². The van der Waals surface area contributed by atoms with Gasteiger partial charge in [0.25, 0.3) is 0 Å². The van der Waals surface area contributed by atoms with E-state index in [1.165, 1.54) is 13.2 Å². The first-order chi connectivity index (χ1) is 21.3. The molecule has 0 heterocycles. The summed E-state index contributed by atoms with van der Waals surface area (Å²) in [6.07, 6.45) is 4.64. The highest BCUT2D eigenvalue weighted by Gasteiger charge is 2.13. The lowest BCUT2D eigenvalue weighted by molar-refractivity contribution is -0.144. The zero-order valence-electron chi connectivity index (χ0n) is 24.5. The molecule has 0 atom stereocenters. The van der Waals surface area contributed by atoms with Gasteiger partial charge in [0.05, 0.1) is 26.7 Å².